The molecule has 1 rings (SSSR count). The summed E-state index contributed by atoms with van der Waals surface area (Å²) >= 11 is 5.64. The quantitative estimate of drug-likeness (QED) is 0.739. The zero-order valence-electron chi connectivity index (χ0n) is 8.14. The van der Waals surface area contributed by atoms with Gasteiger partial charge in [-0.2, -0.15) is 0 Å². The van der Waals surface area contributed by atoms with Crippen molar-refractivity contribution < 1.29 is 16.8 Å². The lowest BCUT2D eigenvalue weighted by molar-refractivity contribution is 0.597. The fourth-order valence-corrected chi connectivity index (χ4v) is 3.16. The molecule has 1 aromatic carbocycles. The second-order valence-corrected chi connectivity index (χ2v) is 7.06. The van der Waals surface area contributed by atoms with Crippen LogP contribution in [0.25, 0.3) is 0 Å². The molecule has 0 aliphatic carbocycles. The third-order valence-electron chi connectivity index (χ3n) is 1.77. The van der Waals surface area contributed by atoms with E-state index >= 15 is 0 Å². The smallest absolute Gasteiger partial charge is 0.240 e. The van der Waals surface area contributed by atoms with E-state index < -0.39 is 24.8 Å². The van der Waals surface area contributed by atoms with Crippen LogP contribution in [0, 0.1) is 0 Å². The zero-order chi connectivity index (χ0) is 12.7. The van der Waals surface area contributed by atoms with Gasteiger partial charge in [-0.25, -0.2) is 22.0 Å². The Hall–Kier alpha value is -0.830. The molecule has 0 amide bonds. The van der Waals surface area contributed by atoms with Gasteiger partial charge in [0.05, 0.1) is 15.6 Å². The summed E-state index contributed by atoms with van der Waals surface area (Å²) in [6.07, 6.45) is 0.900. The number of anilines is 1. The summed E-state index contributed by atoms with van der Waals surface area (Å²) in [6.45, 7) is 0. The molecule has 4 N–H and O–H groups in total. The molecule has 0 aliphatic heterocycles. The normalized spacial score (nSPS) is 12.7. The Bertz CT molecular complexity index is 583. The Labute approximate surface area is 98.2 Å². The van der Waals surface area contributed by atoms with Gasteiger partial charge in [0.25, 0.3) is 0 Å². The second kappa shape index (κ2) is 3.88. The van der Waals surface area contributed by atoms with Crippen molar-refractivity contribution in [2.24, 2.45) is 5.14 Å². The van der Waals surface area contributed by atoms with Gasteiger partial charge in [0.15, 0.2) is 9.84 Å². The molecule has 1 aromatic rings. The van der Waals surface area contributed by atoms with Gasteiger partial charge < -0.3 is 5.73 Å². The second-order valence-electron chi connectivity index (χ2n) is 3.14. The Morgan fingerprint density at radius 2 is 1.62 bits per heavy atom. The molecule has 16 heavy (non-hydrogen) atoms. The Balaban J connectivity index is 3.72. The summed E-state index contributed by atoms with van der Waals surface area (Å²) in [4.78, 5) is -0.787. The molecular weight excluding hydrogens is 276 g/mol. The van der Waals surface area contributed by atoms with Crippen molar-refractivity contribution in [3.63, 3.8) is 0 Å². The van der Waals surface area contributed by atoms with Crippen LogP contribution in [0.15, 0.2) is 21.9 Å². The Kier molecular flexibility index (Phi) is 3.21. The zero-order valence-corrected chi connectivity index (χ0v) is 10.5. The van der Waals surface area contributed by atoms with Gasteiger partial charge in [0, 0.05) is 6.26 Å². The maximum absolute atomic E-state index is 11.3. The van der Waals surface area contributed by atoms with E-state index in [4.69, 9.17) is 22.5 Å². The van der Waals surface area contributed by atoms with Gasteiger partial charge in [-0.05, 0) is 12.1 Å². The van der Waals surface area contributed by atoms with E-state index in [1.807, 2.05) is 0 Å². The van der Waals surface area contributed by atoms with Crippen molar-refractivity contribution in [1.82, 2.24) is 0 Å². The van der Waals surface area contributed by atoms with Crippen LogP contribution in [-0.2, 0) is 19.9 Å². The average molecular weight is 285 g/mol. The summed E-state index contributed by atoms with van der Waals surface area (Å²) in [7, 11) is -7.72. The highest BCUT2D eigenvalue weighted by Crippen LogP contribution is 2.29. The Morgan fingerprint density at radius 1 is 1.12 bits per heavy atom. The van der Waals surface area contributed by atoms with Crippen molar-refractivity contribution >= 4 is 37.1 Å². The standard InChI is InChI=1S/C7H9ClN2O4S2/c1-15(11,12)6-3-7(16(10,13)14)5(9)2-4(6)8/h2-3H,9H2,1H3,(H2,10,13,14). The van der Waals surface area contributed by atoms with Crippen LogP contribution in [0.1, 0.15) is 0 Å². The lowest BCUT2D eigenvalue weighted by atomic mass is 10.3. The summed E-state index contributed by atoms with van der Waals surface area (Å²) in [5.74, 6) is 0. The SMILES string of the molecule is CS(=O)(=O)c1cc(S(N)(=O)=O)c(N)cc1Cl. The van der Waals surface area contributed by atoms with E-state index in [-0.39, 0.29) is 15.6 Å². The number of benzene rings is 1. The van der Waals surface area contributed by atoms with E-state index in [0.717, 1.165) is 18.4 Å². The first-order valence-corrected chi connectivity index (χ1v) is 7.67. The number of sulfonamides is 1. The highest BCUT2D eigenvalue weighted by Gasteiger charge is 2.20. The number of sulfone groups is 1. The van der Waals surface area contributed by atoms with Crippen LogP contribution in [0.3, 0.4) is 0 Å². The molecule has 0 aliphatic rings. The summed E-state index contributed by atoms with van der Waals surface area (Å²) < 4.78 is 44.8. The highest BCUT2D eigenvalue weighted by atomic mass is 35.5. The van der Waals surface area contributed by atoms with E-state index in [9.17, 15) is 16.8 Å². The summed E-state index contributed by atoms with van der Waals surface area (Å²) in [5, 5.41) is 4.73. The molecule has 0 spiro atoms. The predicted octanol–water partition coefficient (Wildman–Crippen LogP) is -0.0269. The molecule has 0 unspecified atom stereocenters. The molecule has 0 bridgehead atoms. The first kappa shape index (κ1) is 13.2. The third-order valence-corrected chi connectivity index (χ3v) is 4.30. The predicted molar refractivity (Wildman–Crippen MR) is 60.3 cm³/mol. The molecule has 6 nitrogen and oxygen atoms in total. The van der Waals surface area contributed by atoms with Gasteiger partial charge in [-0.15, -0.1) is 0 Å². The lowest BCUT2D eigenvalue weighted by Gasteiger charge is -2.07. The maximum atomic E-state index is 11.3. The summed E-state index contributed by atoms with van der Waals surface area (Å²) in [6, 6.07) is 1.89. The first-order chi connectivity index (χ1) is 7.03. The minimum Gasteiger partial charge on any atom is -0.398 e. The molecular formula is C7H9ClN2O4S2. The van der Waals surface area contributed by atoms with E-state index in [0.29, 0.717) is 0 Å². The minimum absolute atomic E-state index is 0.146. The van der Waals surface area contributed by atoms with Crippen molar-refractivity contribution in [2.45, 2.75) is 9.79 Å². The molecule has 0 heterocycles. The van der Waals surface area contributed by atoms with Gasteiger partial charge in [-0.1, -0.05) is 11.6 Å². The fourth-order valence-electron chi connectivity index (χ4n) is 1.08. The minimum atomic E-state index is -4.08. The Morgan fingerprint density at radius 3 is 2.00 bits per heavy atom. The average Bonchev–Trinajstić information content (AvgIpc) is 1.97. The number of primary sulfonamides is 1. The maximum Gasteiger partial charge on any atom is 0.240 e. The molecule has 0 radical (unpaired) electrons. The number of nitrogen functional groups attached to an aromatic ring is 1. The fraction of sp³-hybridized carbons (Fsp3) is 0.143. The van der Waals surface area contributed by atoms with E-state index in [1.165, 1.54) is 0 Å². The molecule has 0 atom stereocenters. The van der Waals surface area contributed by atoms with Gasteiger partial charge in [0.1, 0.15) is 4.90 Å². The van der Waals surface area contributed by atoms with Crippen LogP contribution in [0.2, 0.25) is 5.02 Å². The van der Waals surface area contributed by atoms with Crippen LogP contribution in [0.5, 0.6) is 0 Å². The molecule has 90 valence electrons. The van der Waals surface area contributed by atoms with Crippen LogP contribution < -0.4 is 10.9 Å². The van der Waals surface area contributed by atoms with E-state index in [2.05, 4.69) is 0 Å². The number of nitrogens with two attached hydrogens (primary N) is 2. The van der Waals surface area contributed by atoms with Crippen LogP contribution >= 0.6 is 11.6 Å². The topological polar surface area (TPSA) is 120 Å². The number of hydrogen-bond acceptors (Lipinski definition) is 5. The molecule has 0 aromatic heterocycles. The summed E-state index contributed by atoms with van der Waals surface area (Å²) in [5.41, 5.74) is 5.19. The van der Waals surface area contributed by atoms with Gasteiger partial charge >= 0.3 is 0 Å². The molecule has 9 heteroatoms. The van der Waals surface area contributed by atoms with Gasteiger partial charge in [0.2, 0.25) is 10.0 Å². The first-order valence-electron chi connectivity index (χ1n) is 3.85. The third kappa shape index (κ3) is 2.64. The van der Waals surface area contributed by atoms with Crippen molar-refractivity contribution in [2.75, 3.05) is 12.0 Å². The lowest BCUT2D eigenvalue weighted by Crippen LogP contribution is -2.15. The van der Waals surface area contributed by atoms with Crippen molar-refractivity contribution in [3.8, 4) is 0 Å². The van der Waals surface area contributed by atoms with Crippen LogP contribution in [0.4, 0.5) is 5.69 Å². The monoisotopic (exact) mass is 284 g/mol. The van der Waals surface area contributed by atoms with Crippen molar-refractivity contribution in [1.29, 1.82) is 0 Å². The largest absolute Gasteiger partial charge is 0.398 e. The van der Waals surface area contributed by atoms with Gasteiger partial charge in [-0.3, -0.25) is 0 Å². The number of rotatable bonds is 2. The van der Waals surface area contributed by atoms with Crippen LogP contribution in [-0.4, -0.2) is 23.1 Å². The molecule has 0 fully saturated rings. The van der Waals surface area contributed by atoms with E-state index in [1.54, 1.807) is 0 Å². The number of halogens is 1. The molecule has 0 saturated heterocycles. The number of hydrogen-bond donors (Lipinski definition) is 2. The highest BCUT2D eigenvalue weighted by molar-refractivity contribution is 7.91. The molecule has 0 saturated carbocycles. The van der Waals surface area contributed by atoms with Crippen molar-refractivity contribution in [3.05, 3.63) is 17.2 Å².